The maximum absolute atomic E-state index is 3.57. The van der Waals surface area contributed by atoms with Crippen LogP contribution in [0.4, 0.5) is 11.4 Å². The van der Waals surface area contributed by atoms with Gasteiger partial charge in [-0.2, -0.15) is 0 Å². The van der Waals surface area contributed by atoms with Gasteiger partial charge in [0.05, 0.1) is 0 Å². The molecule has 2 aromatic carbocycles. The molecule has 2 aromatic rings. The molecule has 2 heteroatoms. The number of rotatable bonds is 7. The molecule has 2 rings (SSSR count). The van der Waals surface area contributed by atoms with Gasteiger partial charge >= 0.3 is 0 Å². The van der Waals surface area contributed by atoms with Gasteiger partial charge < -0.3 is 10.6 Å². The van der Waals surface area contributed by atoms with Gasteiger partial charge in [-0.15, -0.1) is 0 Å². The molecule has 0 aliphatic heterocycles. The smallest absolute Gasteiger partial charge is 0.0342 e. The molecule has 0 bridgehead atoms. The highest BCUT2D eigenvalue weighted by Gasteiger charge is 2.05. The van der Waals surface area contributed by atoms with Gasteiger partial charge in [0.1, 0.15) is 0 Å². The fourth-order valence-electron chi connectivity index (χ4n) is 2.10. The van der Waals surface area contributed by atoms with Crippen LogP contribution in [0.15, 0.2) is 60.7 Å². The van der Waals surface area contributed by atoms with E-state index in [9.17, 15) is 0 Å². The lowest BCUT2D eigenvalue weighted by Gasteiger charge is -2.18. The Bertz CT molecular complexity index is 453. The van der Waals surface area contributed by atoms with Crippen molar-refractivity contribution < 1.29 is 0 Å². The molecule has 0 aliphatic carbocycles. The van der Waals surface area contributed by atoms with E-state index in [0.29, 0.717) is 6.04 Å². The van der Waals surface area contributed by atoms with E-state index in [0.717, 1.165) is 19.4 Å². The van der Waals surface area contributed by atoms with Crippen LogP contribution in [0.25, 0.3) is 0 Å². The molecule has 100 valence electrons. The Morgan fingerprint density at radius 2 is 1.42 bits per heavy atom. The van der Waals surface area contributed by atoms with Crippen molar-refractivity contribution in [1.82, 2.24) is 0 Å². The second-order valence-corrected chi connectivity index (χ2v) is 4.70. The minimum absolute atomic E-state index is 0.513. The zero-order valence-corrected chi connectivity index (χ0v) is 11.5. The molecule has 19 heavy (non-hydrogen) atoms. The summed E-state index contributed by atoms with van der Waals surface area (Å²) in [6.45, 7) is 3.21. The molecular formula is C17H22N2. The molecular weight excluding hydrogens is 232 g/mol. The lowest BCUT2D eigenvalue weighted by molar-refractivity contribution is 0.653. The summed E-state index contributed by atoms with van der Waals surface area (Å²) in [6.07, 6.45) is 2.24. The molecule has 0 fully saturated rings. The Labute approximate surface area is 115 Å². The second-order valence-electron chi connectivity index (χ2n) is 4.70. The fraction of sp³-hybridized carbons (Fsp3) is 0.294. The first-order valence-corrected chi connectivity index (χ1v) is 6.99. The molecule has 0 amide bonds. The Kier molecular flexibility index (Phi) is 5.30. The lowest BCUT2D eigenvalue weighted by Crippen LogP contribution is -2.21. The van der Waals surface area contributed by atoms with Crippen molar-refractivity contribution in [2.45, 2.75) is 25.8 Å². The number of para-hydroxylation sites is 2. The predicted molar refractivity (Wildman–Crippen MR) is 83.7 cm³/mol. The average molecular weight is 254 g/mol. The van der Waals surface area contributed by atoms with Gasteiger partial charge in [-0.1, -0.05) is 43.3 Å². The zero-order valence-electron chi connectivity index (χ0n) is 11.5. The van der Waals surface area contributed by atoms with Crippen LogP contribution < -0.4 is 10.6 Å². The summed E-state index contributed by atoms with van der Waals surface area (Å²) in [5.41, 5.74) is 2.39. The average Bonchev–Trinajstić information content (AvgIpc) is 2.48. The summed E-state index contributed by atoms with van der Waals surface area (Å²) in [4.78, 5) is 0. The van der Waals surface area contributed by atoms with E-state index in [1.165, 1.54) is 11.4 Å². The molecule has 0 radical (unpaired) electrons. The van der Waals surface area contributed by atoms with Crippen molar-refractivity contribution in [3.8, 4) is 0 Å². The van der Waals surface area contributed by atoms with Gasteiger partial charge in [0.2, 0.25) is 0 Å². The van der Waals surface area contributed by atoms with Crippen molar-refractivity contribution in [1.29, 1.82) is 0 Å². The molecule has 1 unspecified atom stereocenters. The van der Waals surface area contributed by atoms with E-state index >= 15 is 0 Å². The summed E-state index contributed by atoms with van der Waals surface area (Å²) in [5.74, 6) is 0. The van der Waals surface area contributed by atoms with E-state index in [-0.39, 0.29) is 0 Å². The molecule has 0 spiro atoms. The van der Waals surface area contributed by atoms with Crippen LogP contribution in [0, 0.1) is 0 Å². The highest BCUT2D eigenvalue weighted by Crippen LogP contribution is 2.12. The molecule has 2 nitrogen and oxygen atoms in total. The number of hydrogen-bond acceptors (Lipinski definition) is 2. The highest BCUT2D eigenvalue weighted by atomic mass is 14.9. The standard InChI is InChI=1S/C17H22N2/c1-2-15(19-17-11-7-4-8-12-17)13-14-18-16-9-5-3-6-10-16/h3-12,15,18-19H,2,13-14H2,1H3. The first kappa shape index (κ1) is 13.5. The van der Waals surface area contributed by atoms with Crippen molar-refractivity contribution in [2.24, 2.45) is 0 Å². The third-order valence-corrected chi connectivity index (χ3v) is 3.23. The first-order chi connectivity index (χ1) is 9.38. The van der Waals surface area contributed by atoms with Crippen molar-refractivity contribution >= 4 is 11.4 Å². The molecule has 2 N–H and O–H groups in total. The van der Waals surface area contributed by atoms with Gasteiger partial charge in [-0.25, -0.2) is 0 Å². The van der Waals surface area contributed by atoms with E-state index in [1.54, 1.807) is 0 Å². The normalized spacial score (nSPS) is 11.8. The first-order valence-electron chi connectivity index (χ1n) is 6.99. The topological polar surface area (TPSA) is 24.1 Å². The van der Waals surface area contributed by atoms with Gasteiger partial charge in [-0.3, -0.25) is 0 Å². The lowest BCUT2D eigenvalue weighted by atomic mass is 10.1. The summed E-state index contributed by atoms with van der Waals surface area (Å²) >= 11 is 0. The molecule has 0 saturated carbocycles. The molecule has 1 atom stereocenters. The Morgan fingerprint density at radius 1 is 0.842 bits per heavy atom. The van der Waals surface area contributed by atoms with Crippen LogP contribution in [0.5, 0.6) is 0 Å². The van der Waals surface area contributed by atoms with Crippen molar-refractivity contribution in [2.75, 3.05) is 17.2 Å². The van der Waals surface area contributed by atoms with E-state index < -0.39 is 0 Å². The number of nitrogens with one attached hydrogen (secondary N) is 2. The molecule has 0 aromatic heterocycles. The molecule has 0 aliphatic rings. The van der Waals surface area contributed by atoms with Crippen LogP contribution in [-0.4, -0.2) is 12.6 Å². The Balaban J connectivity index is 1.77. The molecule has 0 heterocycles. The van der Waals surface area contributed by atoms with Gasteiger partial charge in [0.15, 0.2) is 0 Å². The number of hydrogen-bond donors (Lipinski definition) is 2. The SMILES string of the molecule is CCC(CCNc1ccccc1)Nc1ccccc1. The fourth-order valence-corrected chi connectivity index (χ4v) is 2.10. The Hall–Kier alpha value is -1.96. The third-order valence-electron chi connectivity index (χ3n) is 3.23. The van der Waals surface area contributed by atoms with E-state index in [1.807, 2.05) is 12.1 Å². The summed E-state index contributed by atoms with van der Waals surface area (Å²) < 4.78 is 0. The van der Waals surface area contributed by atoms with Gasteiger partial charge in [0.25, 0.3) is 0 Å². The number of anilines is 2. The van der Waals surface area contributed by atoms with Crippen LogP contribution in [0.2, 0.25) is 0 Å². The maximum atomic E-state index is 3.57. The van der Waals surface area contributed by atoms with E-state index in [4.69, 9.17) is 0 Å². The van der Waals surface area contributed by atoms with Crippen LogP contribution in [-0.2, 0) is 0 Å². The number of benzene rings is 2. The zero-order chi connectivity index (χ0) is 13.3. The monoisotopic (exact) mass is 254 g/mol. The quantitative estimate of drug-likeness (QED) is 0.766. The van der Waals surface area contributed by atoms with Crippen LogP contribution in [0.1, 0.15) is 19.8 Å². The van der Waals surface area contributed by atoms with Gasteiger partial charge in [0, 0.05) is 24.0 Å². The van der Waals surface area contributed by atoms with Crippen molar-refractivity contribution in [3.05, 3.63) is 60.7 Å². The third kappa shape index (κ3) is 4.66. The maximum Gasteiger partial charge on any atom is 0.0342 e. The molecule has 0 saturated heterocycles. The largest absolute Gasteiger partial charge is 0.385 e. The second kappa shape index (κ2) is 7.47. The summed E-state index contributed by atoms with van der Waals surface area (Å²) in [6, 6.07) is 21.3. The van der Waals surface area contributed by atoms with Gasteiger partial charge in [-0.05, 0) is 37.1 Å². The van der Waals surface area contributed by atoms with Crippen LogP contribution in [0.3, 0.4) is 0 Å². The Morgan fingerprint density at radius 3 is 2.00 bits per heavy atom. The van der Waals surface area contributed by atoms with Crippen molar-refractivity contribution in [3.63, 3.8) is 0 Å². The highest BCUT2D eigenvalue weighted by molar-refractivity contribution is 5.44. The minimum atomic E-state index is 0.513. The minimum Gasteiger partial charge on any atom is -0.385 e. The van der Waals surface area contributed by atoms with Crippen LogP contribution >= 0.6 is 0 Å². The predicted octanol–water partition coefficient (Wildman–Crippen LogP) is 4.38. The summed E-state index contributed by atoms with van der Waals surface area (Å²) in [5, 5.41) is 7.03. The van der Waals surface area contributed by atoms with E-state index in [2.05, 4.69) is 66.1 Å². The summed E-state index contributed by atoms with van der Waals surface area (Å²) in [7, 11) is 0.